The van der Waals surface area contributed by atoms with Gasteiger partial charge in [0, 0.05) is 15.4 Å². The summed E-state index contributed by atoms with van der Waals surface area (Å²) in [5.74, 6) is -0.428. The molecule has 0 atom stereocenters. The third-order valence-electron chi connectivity index (χ3n) is 3.13. The molecule has 2 N–H and O–H groups in total. The zero-order valence-electron chi connectivity index (χ0n) is 14.2. The summed E-state index contributed by atoms with van der Waals surface area (Å²) in [5.41, 5.74) is 1.21. The first-order valence-corrected chi connectivity index (χ1v) is 8.44. The Labute approximate surface area is 149 Å². The molecule has 0 saturated carbocycles. The van der Waals surface area contributed by atoms with Gasteiger partial charge in [0.05, 0.1) is 24.4 Å². The lowest BCUT2D eigenvalue weighted by atomic mass is 10.1. The number of hydrogen-bond donors (Lipinski definition) is 2. The predicted molar refractivity (Wildman–Crippen MR) is 95.0 cm³/mol. The molecule has 0 bridgehead atoms. The van der Waals surface area contributed by atoms with Crippen molar-refractivity contribution >= 4 is 38.9 Å². The lowest BCUT2D eigenvalue weighted by Crippen LogP contribution is -2.32. The van der Waals surface area contributed by atoms with Gasteiger partial charge in [-0.25, -0.2) is 9.59 Å². The number of fused-ring (bicyclic) bond motifs is 1. The molecule has 0 saturated heterocycles. The van der Waals surface area contributed by atoms with Gasteiger partial charge in [0.25, 0.3) is 0 Å². The molecule has 7 heteroatoms. The molecule has 0 radical (unpaired) electrons. The third-order valence-corrected chi connectivity index (χ3v) is 3.62. The first-order chi connectivity index (χ1) is 11.2. The SMILES string of the molecule is CCOC(=O)c1c(CNC(=O)OC(C)(C)C)[nH]c2ccc(Br)cc12. The average Bonchev–Trinajstić information content (AvgIpc) is 2.81. The lowest BCUT2D eigenvalue weighted by molar-refractivity contribution is 0.0503. The Bertz CT molecular complexity index is 762. The zero-order valence-corrected chi connectivity index (χ0v) is 15.7. The average molecular weight is 397 g/mol. The minimum Gasteiger partial charge on any atom is -0.462 e. The summed E-state index contributed by atoms with van der Waals surface area (Å²) in [5, 5.41) is 3.40. The molecule has 0 unspecified atom stereocenters. The molecule has 2 aromatic rings. The van der Waals surface area contributed by atoms with Crippen LogP contribution in [0.3, 0.4) is 0 Å². The monoisotopic (exact) mass is 396 g/mol. The van der Waals surface area contributed by atoms with Gasteiger partial charge < -0.3 is 19.8 Å². The number of esters is 1. The standard InChI is InChI=1S/C17H21BrN2O4/c1-5-23-15(21)14-11-8-10(18)6-7-12(11)20-13(14)9-19-16(22)24-17(2,3)4/h6-8,20H,5,9H2,1-4H3,(H,19,22). The van der Waals surface area contributed by atoms with Crippen molar-refractivity contribution in [1.29, 1.82) is 0 Å². The van der Waals surface area contributed by atoms with E-state index in [1.807, 2.05) is 18.2 Å². The third kappa shape index (κ3) is 4.50. The molecular formula is C17H21BrN2O4. The molecule has 1 aromatic carbocycles. The number of alkyl carbamates (subject to hydrolysis) is 1. The lowest BCUT2D eigenvalue weighted by Gasteiger charge is -2.19. The summed E-state index contributed by atoms with van der Waals surface area (Å²) in [6.07, 6.45) is -0.544. The van der Waals surface area contributed by atoms with E-state index in [2.05, 4.69) is 26.2 Å². The minimum absolute atomic E-state index is 0.134. The van der Waals surface area contributed by atoms with Crippen LogP contribution in [0.1, 0.15) is 43.7 Å². The molecule has 0 spiro atoms. The first-order valence-electron chi connectivity index (χ1n) is 7.65. The number of benzene rings is 1. The van der Waals surface area contributed by atoms with Crippen LogP contribution in [0.2, 0.25) is 0 Å². The molecule has 0 aliphatic carbocycles. The van der Waals surface area contributed by atoms with Gasteiger partial charge >= 0.3 is 12.1 Å². The topological polar surface area (TPSA) is 80.4 Å². The summed E-state index contributed by atoms with van der Waals surface area (Å²) < 4.78 is 11.2. The van der Waals surface area contributed by atoms with Crippen molar-refractivity contribution in [3.05, 3.63) is 33.9 Å². The molecule has 130 valence electrons. The number of halogens is 1. The van der Waals surface area contributed by atoms with Gasteiger partial charge in [-0.3, -0.25) is 0 Å². The highest BCUT2D eigenvalue weighted by Gasteiger charge is 2.21. The van der Waals surface area contributed by atoms with Gasteiger partial charge in [0.1, 0.15) is 5.60 Å². The number of hydrogen-bond acceptors (Lipinski definition) is 4. The number of amides is 1. The van der Waals surface area contributed by atoms with E-state index in [-0.39, 0.29) is 13.2 Å². The second-order valence-corrected chi connectivity index (χ2v) is 7.16. The largest absolute Gasteiger partial charge is 0.462 e. The smallest absolute Gasteiger partial charge is 0.407 e. The first kappa shape index (κ1) is 18.3. The molecule has 0 aliphatic rings. The Morgan fingerprint density at radius 1 is 1.29 bits per heavy atom. The zero-order chi connectivity index (χ0) is 17.9. The van der Waals surface area contributed by atoms with Gasteiger partial charge in [0.2, 0.25) is 0 Å². The van der Waals surface area contributed by atoms with Crippen molar-refractivity contribution in [1.82, 2.24) is 10.3 Å². The number of aromatic nitrogens is 1. The number of carbonyl (C=O) groups is 2. The molecule has 0 fully saturated rings. The van der Waals surface area contributed by atoms with E-state index in [9.17, 15) is 9.59 Å². The van der Waals surface area contributed by atoms with E-state index in [1.165, 1.54) is 0 Å². The van der Waals surface area contributed by atoms with Crippen LogP contribution in [0.5, 0.6) is 0 Å². The van der Waals surface area contributed by atoms with Crippen molar-refractivity contribution in [2.45, 2.75) is 39.8 Å². The summed E-state index contributed by atoms with van der Waals surface area (Å²) in [4.78, 5) is 27.3. The highest BCUT2D eigenvalue weighted by Crippen LogP contribution is 2.26. The van der Waals surface area contributed by atoms with Crippen molar-refractivity contribution < 1.29 is 19.1 Å². The Kier molecular flexibility index (Phi) is 5.54. The number of rotatable bonds is 4. The van der Waals surface area contributed by atoms with Gasteiger partial charge in [-0.2, -0.15) is 0 Å². The van der Waals surface area contributed by atoms with E-state index in [0.717, 1.165) is 15.4 Å². The fraction of sp³-hybridized carbons (Fsp3) is 0.412. The van der Waals surface area contributed by atoms with Crippen LogP contribution in [0.4, 0.5) is 4.79 Å². The van der Waals surface area contributed by atoms with Gasteiger partial charge in [-0.05, 0) is 45.9 Å². The fourth-order valence-corrected chi connectivity index (χ4v) is 2.62. The van der Waals surface area contributed by atoms with E-state index in [1.54, 1.807) is 27.7 Å². The van der Waals surface area contributed by atoms with Gasteiger partial charge in [-0.15, -0.1) is 0 Å². The minimum atomic E-state index is -0.584. The highest BCUT2D eigenvalue weighted by molar-refractivity contribution is 9.10. The van der Waals surface area contributed by atoms with E-state index >= 15 is 0 Å². The predicted octanol–water partition coefficient (Wildman–Crippen LogP) is 4.13. The van der Waals surface area contributed by atoms with Crippen molar-refractivity contribution in [3.63, 3.8) is 0 Å². The number of ether oxygens (including phenoxy) is 2. The van der Waals surface area contributed by atoms with Crippen LogP contribution < -0.4 is 5.32 Å². The van der Waals surface area contributed by atoms with Crippen LogP contribution in [-0.4, -0.2) is 29.3 Å². The van der Waals surface area contributed by atoms with Crippen molar-refractivity contribution in [3.8, 4) is 0 Å². The van der Waals surface area contributed by atoms with Crippen LogP contribution in [-0.2, 0) is 16.0 Å². The maximum atomic E-state index is 12.3. The Morgan fingerprint density at radius 2 is 2.00 bits per heavy atom. The van der Waals surface area contributed by atoms with Crippen LogP contribution in [0, 0.1) is 0 Å². The highest BCUT2D eigenvalue weighted by atomic mass is 79.9. The van der Waals surface area contributed by atoms with Gasteiger partial charge in [0.15, 0.2) is 0 Å². The summed E-state index contributed by atoms with van der Waals surface area (Å²) in [7, 11) is 0. The molecule has 1 heterocycles. The molecule has 1 aromatic heterocycles. The normalized spacial score (nSPS) is 11.4. The van der Waals surface area contributed by atoms with Crippen LogP contribution in [0.25, 0.3) is 10.9 Å². The van der Waals surface area contributed by atoms with E-state index in [4.69, 9.17) is 9.47 Å². The molecule has 6 nitrogen and oxygen atoms in total. The summed E-state index contributed by atoms with van der Waals surface area (Å²) in [6.45, 7) is 7.53. The Hall–Kier alpha value is -2.02. The molecule has 24 heavy (non-hydrogen) atoms. The number of nitrogens with one attached hydrogen (secondary N) is 2. The Morgan fingerprint density at radius 3 is 2.62 bits per heavy atom. The molecule has 0 aliphatic heterocycles. The van der Waals surface area contributed by atoms with E-state index in [0.29, 0.717) is 11.3 Å². The second kappa shape index (κ2) is 7.25. The van der Waals surface area contributed by atoms with Gasteiger partial charge in [-0.1, -0.05) is 15.9 Å². The molecule has 2 rings (SSSR count). The Balaban J connectivity index is 2.30. The van der Waals surface area contributed by atoms with Crippen molar-refractivity contribution in [2.24, 2.45) is 0 Å². The van der Waals surface area contributed by atoms with Crippen LogP contribution in [0.15, 0.2) is 22.7 Å². The van der Waals surface area contributed by atoms with E-state index < -0.39 is 17.7 Å². The molecular weight excluding hydrogens is 376 g/mol. The number of carbonyl (C=O) groups excluding carboxylic acids is 2. The molecule has 1 amide bonds. The maximum absolute atomic E-state index is 12.3. The summed E-state index contributed by atoms with van der Waals surface area (Å²) >= 11 is 3.40. The fourth-order valence-electron chi connectivity index (χ4n) is 2.26. The quantitative estimate of drug-likeness (QED) is 0.761. The second-order valence-electron chi connectivity index (χ2n) is 6.24. The number of H-pyrrole nitrogens is 1. The maximum Gasteiger partial charge on any atom is 0.407 e. The van der Waals surface area contributed by atoms with Crippen molar-refractivity contribution in [2.75, 3.05) is 6.61 Å². The number of aromatic amines is 1. The summed E-state index contributed by atoms with van der Waals surface area (Å²) in [6, 6.07) is 5.58. The van der Waals surface area contributed by atoms with Crippen LogP contribution >= 0.6 is 15.9 Å².